The van der Waals surface area contributed by atoms with E-state index in [2.05, 4.69) is 58.8 Å². The van der Waals surface area contributed by atoms with Gasteiger partial charge in [-0.3, -0.25) is 4.99 Å². The zero-order chi connectivity index (χ0) is 18.1. The molecule has 0 aliphatic carbocycles. The molecule has 0 unspecified atom stereocenters. The van der Waals surface area contributed by atoms with Gasteiger partial charge in [-0.25, -0.2) is 4.98 Å². The van der Waals surface area contributed by atoms with Crippen LogP contribution in [-0.2, 0) is 12.0 Å². The minimum absolute atomic E-state index is 0. The Hall–Kier alpha value is -1.77. The average molecular weight is 471 g/mol. The zero-order valence-electron chi connectivity index (χ0n) is 16.0. The van der Waals surface area contributed by atoms with Crippen LogP contribution in [0.2, 0.25) is 0 Å². The Bertz CT molecular complexity index is 664. The molecule has 0 amide bonds. The summed E-state index contributed by atoms with van der Waals surface area (Å²) in [6, 6.07) is 10.2. The Kier molecular flexibility index (Phi) is 9.47. The van der Waals surface area contributed by atoms with Gasteiger partial charge in [0.05, 0.1) is 12.7 Å². The van der Waals surface area contributed by atoms with E-state index in [1.165, 1.54) is 0 Å². The second-order valence-electron chi connectivity index (χ2n) is 6.87. The van der Waals surface area contributed by atoms with Gasteiger partial charge in [0, 0.05) is 31.2 Å². The van der Waals surface area contributed by atoms with Gasteiger partial charge in [0.2, 0.25) is 5.89 Å². The Morgan fingerprint density at radius 1 is 1.12 bits per heavy atom. The maximum atomic E-state index is 5.77. The van der Waals surface area contributed by atoms with E-state index in [4.69, 9.17) is 4.42 Å². The van der Waals surface area contributed by atoms with E-state index >= 15 is 0 Å². The molecule has 6 nitrogen and oxygen atoms in total. The molecule has 0 fully saturated rings. The van der Waals surface area contributed by atoms with Gasteiger partial charge < -0.3 is 20.4 Å². The largest absolute Gasteiger partial charge is 0.443 e. The molecule has 0 aliphatic rings. The molecular formula is C19H30IN5O. The number of nitrogens with one attached hydrogen (secondary N) is 3. The number of aliphatic imine (C=N–C) groups is 1. The van der Waals surface area contributed by atoms with E-state index in [1.807, 2.05) is 18.2 Å². The Morgan fingerprint density at radius 3 is 2.46 bits per heavy atom. The van der Waals surface area contributed by atoms with Crippen molar-refractivity contribution in [2.24, 2.45) is 4.99 Å². The van der Waals surface area contributed by atoms with Crippen molar-refractivity contribution in [1.29, 1.82) is 0 Å². The molecule has 2 aromatic rings. The highest BCUT2D eigenvalue weighted by molar-refractivity contribution is 14.0. The number of oxazole rings is 1. The summed E-state index contributed by atoms with van der Waals surface area (Å²) >= 11 is 0. The molecule has 0 spiro atoms. The lowest BCUT2D eigenvalue weighted by Crippen LogP contribution is -2.37. The highest BCUT2D eigenvalue weighted by Crippen LogP contribution is 2.22. The molecule has 0 radical (unpaired) electrons. The van der Waals surface area contributed by atoms with Crippen LogP contribution < -0.4 is 16.0 Å². The molecular weight excluding hydrogens is 441 g/mol. The summed E-state index contributed by atoms with van der Waals surface area (Å²) in [5.74, 6) is 2.30. The third-order valence-corrected chi connectivity index (χ3v) is 3.67. The van der Waals surface area contributed by atoms with Gasteiger partial charge in [-0.15, -0.1) is 24.0 Å². The second kappa shape index (κ2) is 11.1. The number of nitrogens with zero attached hydrogens (tertiary/aromatic N) is 2. The molecule has 0 aliphatic heterocycles. The van der Waals surface area contributed by atoms with Crippen LogP contribution in [-0.4, -0.2) is 31.1 Å². The maximum absolute atomic E-state index is 5.77. The molecule has 3 N–H and O–H groups in total. The standard InChI is InChI=1S/C19H29N5O.HI/c1-19(2,3)16-13-23-17(25-16)14-24-18(20-4)22-12-8-11-21-15-9-6-5-7-10-15;/h5-7,9-10,13,21H,8,11-12,14H2,1-4H3,(H2,20,22,24);1H. The van der Waals surface area contributed by atoms with Crippen molar-refractivity contribution in [2.45, 2.75) is 39.2 Å². The predicted octanol–water partition coefficient (Wildman–Crippen LogP) is 3.76. The van der Waals surface area contributed by atoms with Crippen LogP contribution in [0.1, 0.15) is 38.8 Å². The molecule has 1 aromatic carbocycles. The van der Waals surface area contributed by atoms with E-state index in [-0.39, 0.29) is 29.4 Å². The fourth-order valence-corrected chi connectivity index (χ4v) is 2.20. The van der Waals surface area contributed by atoms with Crippen LogP contribution in [0.15, 0.2) is 45.9 Å². The predicted molar refractivity (Wildman–Crippen MR) is 118 cm³/mol. The lowest BCUT2D eigenvalue weighted by atomic mass is 9.94. The molecule has 7 heteroatoms. The first kappa shape index (κ1) is 22.3. The topological polar surface area (TPSA) is 74.5 Å². The number of halogens is 1. The van der Waals surface area contributed by atoms with Gasteiger partial charge >= 0.3 is 0 Å². The Labute approximate surface area is 173 Å². The van der Waals surface area contributed by atoms with Crippen molar-refractivity contribution in [1.82, 2.24) is 15.6 Å². The number of hydrogen-bond acceptors (Lipinski definition) is 4. The maximum Gasteiger partial charge on any atom is 0.213 e. The van der Waals surface area contributed by atoms with Gasteiger partial charge in [0.25, 0.3) is 0 Å². The summed E-state index contributed by atoms with van der Waals surface area (Å²) in [6.07, 6.45) is 2.78. The third kappa shape index (κ3) is 7.63. The Morgan fingerprint density at radius 2 is 1.85 bits per heavy atom. The van der Waals surface area contributed by atoms with Gasteiger partial charge in [0.15, 0.2) is 5.96 Å². The van der Waals surface area contributed by atoms with Crippen LogP contribution >= 0.6 is 24.0 Å². The summed E-state index contributed by atoms with van der Waals surface area (Å²) in [4.78, 5) is 8.53. The van der Waals surface area contributed by atoms with E-state index in [9.17, 15) is 0 Å². The lowest BCUT2D eigenvalue weighted by molar-refractivity contribution is 0.379. The van der Waals surface area contributed by atoms with Gasteiger partial charge in [-0.05, 0) is 18.6 Å². The van der Waals surface area contributed by atoms with Crippen molar-refractivity contribution in [2.75, 3.05) is 25.5 Å². The summed E-state index contributed by atoms with van der Waals surface area (Å²) < 4.78 is 5.77. The first-order valence-corrected chi connectivity index (χ1v) is 8.67. The highest BCUT2D eigenvalue weighted by Gasteiger charge is 2.19. The minimum Gasteiger partial charge on any atom is -0.443 e. The molecule has 0 bridgehead atoms. The fraction of sp³-hybridized carbons (Fsp3) is 0.474. The first-order chi connectivity index (χ1) is 12.0. The first-order valence-electron chi connectivity index (χ1n) is 8.67. The number of hydrogen-bond donors (Lipinski definition) is 3. The Balaban J connectivity index is 0.00000338. The number of anilines is 1. The SMILES string of the molecule is CN=C(NCCCNc1ccccc1)NCc1ncc(C(C)(C)C)o1.I. The average Bonchev–Trinajstić information content (AvgIpc) is 3.07. The van der Waals surface area contributed by atoms with Crippen LogP contribution in [0.5, 0.6) is 0 Å². The minimum atomic E-state index is -0.0308. The quantitative estimate of drug-likeness (QED) is 0.248. The van der Waals surface area contributed by atoms with Crippen molar-refractivity contribution >= 4 is 35.6 Å². The van der Waals surface area contributed by atoms with Crippen LogP contribution in [0.3, 0.4) is 0 Å². The normalized spacial score (nSPS) is 11.6. The third-order valence-electron chi connectivity index (χ3n) is 3.67. The van der Waals surface area contributed by atoms with Gasteiger partial charge in [0.1, 0.15) is 5.76 Å². The van der Waals surface area contributed by atoms with E-state index in [1.54, 1.807) is 13.2 Å². The van der Waals surface area contributed by atoms with Crippen molar-refractivity contribution in [3.63, 3.8) is 0 Å². The summed E-state index contributed by atoms with van der Waals surface area (Å²) in [6.45, 7) is 8.57. The molecule has 0 atom stereocenters. The number of para-hydroxylation sites is 1. The highest BCUT2D eigenvalue weighted by atomic mass is 127. The summed E-state index contributed by atoms with van der Waals surface area (Å²) in [5, 5.41) is 9.90. The van der Waals surface area contributed by atoms with Crippen molar-refractivity contribution < 1.29 is 4.42 Å². The monoisotopic (exact) mass is 471 g/mol. The second-order valence-corrected chi connectivity index (χ2v) is 6.87. The van der Waals surface area contributed by atoms with Crippen molar-refractivity contribution in [3.8, 4) is 0 Å². The van der Waals surface area contributed by atoms with E-state index < -0.39 is 0 Å². The molecule has 26 heavy (non-hydrogen) atoms. The number of aromatic nitrogens is 1. The molecule has 1 aromatic heterocycles. The molecule has 0 saturated heterocycles. The smallest absolute Gasteiger partial charge is 0.213 e. The summed E-state index contributed by atoms with van der Waals surface area (Å²) in [5.41, 5.74) is 1.11. The molecule has 1 heterocycles. The fourth-order valence-electron chi connectivity index (χ4n) is 2.20. The zero-order valence-corrected chi connectivity index (χ0v) is 18.3. The number of benzene rings is 1. The number of rotatable bonds is 7. The summed E-state index contributed by atoms with van der Waals surface area (Å²) in [7, 11) is 1.76. The van der Waals surface area contributed by atoms with Crippen LogP contribution in [0.4, 0.5) is 5.69 Å². The van der Waals surface area contributed by atoms with Gasteiger partial charge in [-0.2, -0.15) is 0 Å². The van der Waals surface area contributed by atoms with Gasteiger partial charge in [-0.1, -0.05) is 39.0 Å². The van der Waals surface area contributed by atoms with Crippen molar-refractivity contribution in [3.05, 3.63) is 48.2 Å². The van der Waals surface area contributed by atoms with E-state index in [0.29, 0.717) is 12.4 Å². The number of guanidine groups is 1. The van der Waals surface area contributed by atoms with E-state index in [0.717, 1.165) is 36.9 Å². The molecule has 2 rings (SSSR count). The van der Waals surface area contributed by atoms with Crippen LogP contribution in [0.25, 0.3) is 0 Å². The molecule has 0 saturated carbocycles. The van der Waals surface area contributed by atoms with Crippen LogP contribution in [0, 0.1) is 0 Å². The molecule has 144 valence electrons. The lowest BCUT2D eigenvalue weighted by Gasteiger charge is -2.13.